The molecule has 7 heteroatoms. The molecule has 0 aliphatic carbocycles. The van der Waals surface area contributed by atoms with Gasteiger partial charge in [0.1, 0.15) is 0 Å². The molecule has 132 valence electrons. The van der Waals surface area contributed by atoms with Crippen LogP contribution in [0.15, 0.2) is 48.5 Å². The van der Waals surface area contributed by atoms with E-state index in [0.717, 1.165) is 19.8 Å². The first-order valence-corrected chi connectivity index (χ1v) is 11.9. The number of carbonyl (C=O) groups is 2. The van der Waals surface area contributed by atoms with Gasteiger partial charge in [-0.05, 0) is 0 Å². The van der Waals surface area contributed by atoms with Crippen molar-refractivity contribution in [3.8, 4) is 0 Å². The molecule has 2 rings (SSSR count). The van der Waals surface area contributed by atoms with Gasteiger partial charge in [0, 0.05) is 0 Å². The average molecular weight is 465 g/mol. The van der Waals surface area contributed by atoms with Crippen LogP contribution < -0.4 is 14.4 Å². The zero-order chi connectivity index (χ0) is 18.2. The molecule has 0 heterocycles. The maximum atomic E-state index is 11.4. The van der Waals surface area contributed by atoms with Crippen molar-refractivity contribution in [2.75, 3.05) is 20.8 Å². The minimum absolute atomic E-state index is 0.0827. The molecule has 5 nitrogen and oxygen atoms in total. The fraction of sp³-hybridized carbons (Fsp3) is 0.222. The molecule has 0 radical (unpaired) electrons. The van der Waals surface area contributed by atoms with Gasteiger partial charge < -0.3 is 0 Å². The molecule has 0 saturated heterocycles. The normalized spacial score (nSPS) is 12.6. The van der Waals surface area contributed by atoms with Crippen molar-refractivity contribution in [1.82, 2.24) is 0 Å². The van der Waals surface area contributed by atoms with Gasteiger partial charge in [-0.3, -0.25) is 0 Å². The van der Waals surface area contributed by atoms with E-state index in [2.05, 4.69) is 0 Å². The Hall–Kier alpha value is -1.54. The van der Waals surface area contributed by atoms with E-state index in [9.17, 15) is 9.59 Å². The van der Waals surface area contributed by atoms with Gasteiger partial charge in [0.25, 0.3) is 0 Å². The van der Waals surface area contributed by atoms with Crippen LogP contribution in [-0.2, 0) is 9.47 Å². The Balaban J connectivity index is 2.13. The van der Waals surface area contributed by atoms with Gasteiger partial charge in [-0.15, -0.1) is 0 Å². The van der Waals surface area contributed by atoms with Crippen molar-refractivity contribution in [2.45, 2.75) is 5.92 Å². The SMILES string of the molecule is COC(=O)[AsH]c1ccc(C(CN)c2ccc([AsH]C(=O)OC)cc2)cc1. The summed E-state index contributed by atoms with van der Waals surface area (Å²) in [7, 11) is 2.83. The van der Waals surface area contributed by atoms with Crippen LogP contribution >= 0.6 is 0 Å². The topological polar surface area (TPSA) is 78.6 Å². The standard InChI is InChI=1S/C18H21As2NO4/c1-24-17(22)19-14-7-3-12(4-8-14)16(11-21)13-5-9-15(10-6-13)20-18(23)25-2/h3-10,16,19-20H,11,21H2,1-2H3. The Kier molecular flexibility index (Phi) is 7.76. The first-order valence-electron chi connectivity index (χ1n) is 7.67. The monoisotopic (exact) mass is 465 g/mol. The molecule has 0 spiro atoms. The summed E-state index contributed by atoms with van der Waals surface area (Å²) in [5, 5.41) is 0. The molecule has 0 aliphatic heterocycles. The van der Waals surface area contributed by atoms with Crippen molar-refractivity contribution >= 4 is 49.7 Å². The Morgan fingerprint density at radius 3 is 1.48 bits per heavy atom. The summed E-state index contributed by atoms with van der Waals surface area (Å²) >= 11 is -1.83. The number of carbonyl (C=O) groups excluding carboxylic acids is 2. The van der Waals surface area contributed by atoms with Crippen LogP contribution in [0.4, 0.5) is 9.59 Å². The second-order valence-corrected chi connectivity index (χ2v) is 10.5. The van der Waals surface area contributed by atoms with Crippen LogP contribution in [0.25, 0.3) is 0 Å². The van der Waals surface area contributed by atoms with Crippen LogP contribution in [0.5, 0.6) is 0 Å². The summed E-state index contributed by atoms with van der Waals surface area (Å²) in [6.45, 7) is 0.485. The van der Waals surface area contributed by atoms with Crippen molar-refractivity contribution in [2.24, 2.45) is 5.73 Å². The van der Waals surface area contributed by atoms with Crippen LogP contribution in [-0.4, -0.2) is 61.8 Å². The summed E-state index contributed by atoms with van der Waals surface area (Å²) in [4.78, 5) is 22.8. The first-order chi connectivity index (χ1) is 12.1. The van der Waals surface area contributed by atoms with Crippen LogP contribution in [0, 0.1) is 0 Å². The Morgan fingerprint density at radius 2 is 1.20 bits per heavy atom. The molecule has 25 heavy (non-hydrogen) atoms. The quantitative estimate of drug-likeness (QED) is 0.601. The third kappa shape index (κ3) is 5.74. The Morgan fingerprint density at radius 1 is 0.840 bits per heavy atom. The van der Waals surface area contributed by atoms with Gasteiger partial charge in [-0.1, -0.05) is 0 Å². The minimum atomic E-state index is -0.917. The first kappa shape index (κ1) is 19.8. The van der Waals surface area contributed by atoms with Gasteiger partial charge in [0.15, 0.2) is 0 Å². The molecule has 2 aromatic carbocycles. The second kappa shape index (κ2) is 9.81. The van der Waals surface area contributed by atoms with E-state index in [1.807, 2.05) is 48.5 Å². The van der Waals surface area contributed by atoms with E-state index in [1.165, 1.54) is 14.2 Å². The van der Waals surface area contributed by atoms with E-state index in [4.69, 9.17) is 15.2 Å². The average Bonchev–Trinajstić information content (AvgIpc) is 2.64. The number of rotatable bonds is 7. The van der Waals surface area contributed by atoms with Crippen molar-refractivity contribution in [3.63, 3.8) is 0 Å². The zero-order valence-electron chi connectivity index (χ0n) is 14.1. The number of methoxy groups -OCH3 is 2. The molecule has 0 bridgehead atoms. The van der Waals surface area contributed by atoms with Crippen molar-refractivity contribution < 1.29 is 19.1 Å². The second-order valence-electron chi connectivity index (χ2n) is 5.27. The van der Waals surface area contributed by atoms with Crippen LogP contribution in [0.2, 0.25) is 0 Å². The predicted octanol–water partition coefficient (Wildman–Crippen LogP) is 0.434. The van der Waals surface area contributed by atoms with E-state index in [-0.39, 0.29) is 15.4 Å². The van der Waals surface area contributed by atoms with Gasteiger partial charge in [-0.2, -0.15) is 0 Å². The molecule has 0 amide bonds. The number of hydrogen-bond acceptors (Lipinski definition) is 5. The summed E-state index contributed by atoms with van der Waals surface area (Å²) in [6, 6.07) is 16.0. The van der Waals surface area contributed by atoms with E-state index < -0.39 is 31.5 Å². The third-order valence-corrected chi connectivity index (χ3v) is 8.05. The van der Waals surface area contributed by atoms with Crippen LogP contribution in [0.1, 0.15) is 17.0 Å². The molecule has 2 atom stereocenters. The molecule has 0 saturated carbocycles. The number of hydrogen-bond donors (Lipinski definition) is 1. The Labute approximate surface area is 160 Å². The summed E-state index contributed by atoms with van der Waals surface area (Å²) < 4.78 is 11.3. The summed E-state index contributed by atoms with van der Waals surface area (Å²) in [5.74, 6) is 0.0827. The zero-order valence-corrected chi connectivity index (χ0v) is 18.3. The summed E-state index contributed by atoms with van der Waals surface area (Å²) in [5.41, 5.74) is 8.21. The van der Waals surface area contributed by atoms with E-state index in [1.54, 1.807) is 0 Å². The fourth-order valence-corrected chi connectivity index (χ4v) is 5.22. The molecule has 0 aliphatic rings. The molecular weight excluding hydrogens is 444 g/mol. The Bertz CT molecular complexity index is 655. The van der Waals surface area contributed by atoms with Crippen LogP contribution in [0.3, 0.4) is 0 Å². The number of benzene rings is 2. The van der Waals surface area contributed by atoms with Gasteiger partial charge in [0.05, 0.1) is 0 Å². The predicted molar refractivity (Wildman–Crippen MR) is 102 cm³/mol. The fourth-order valence-electron chi connectivity index (χ4n) is 2.40. The van der Waals surface area contributed by atoms with E-state index >= 15 is 0 Å². The maximum absolute atomic E-state index is 11.4. The van der Waals surface area contributed by atoms with Gasteiger partial charge >= 0.3 is 161 Å². The molecule has 0 aromatic heterocycles. The van der Waals surface area contributed by atoms with Gasteiger partial charge in [0.2, 0.25) is 0 Å². The number of ether oxygens (including phenoxy) is 2. The molecule has 2 N–H and O–H groups in total. The van der Waals surface area contributed by atoms with E-state index in [0.29, 0.717) is 6.54 Å². The van der Waals surface area contributed by atoms with Crippen molar-refractivity contribution in [3.05, 3.63) is 59.7 Å². The third-order valence-electron chi connectivity index (χ3n) is 3.73. The molecule has 2 unspecified atom stereocenters. The molecule has 0 fully saturated rings. The molecule has 2 aromatic rings. The molecular formula is C18H21As2NO4. The number of nitrogens with two attached hydrogens (primary N) is 1. The summed E-state index contributed by atoms with van der Waals surface area (Å²) in [6.07, 6.45) is 0. The van der Waals surface area contributed by atoms with Gasteiger partial charge in [-0.25, -0.2) is 0 Å². The van der Waals surface area contributed by atoms with Crippen molar-refractivity contribution in [1.29, 1.82) is 0 Å².